The predicted molar refractivity (Wildman–Crippen MR) is 63.0 cm³/mol. The Labute approximate surface area is 91.7 Å². The van der Waals surface area contributed by atoms with Gasteiger partial charge in [-0.1, -0.05) is 12.1 Å². The fourth-order valence-corrected chi connectivity index (χ4v) is 1.66. The monoisotopic (exact) mass is 205 g/mol. The molecule has 0 radical (unpaired) electrons. The second-order valence-electron chi connectivity index (χ2n) is 4.02. The van der Waals surface area contributed by atoms with Gasteiger partial charge < -0.3 is 5.32 Å². The van der Waals surface area contributed by atoms with Crippen LogP contribution in [-0.4, -0.2) is 12.5 Å². The minimum absolute atomic E-state index is 0.0384. The standard InChI is InChI=1S/C13H19NO/c1-9-5-6-13(11(3)10(9)2)7-8-14-12(4)15/h5-6H,7-8H2,1-4H3,(H,14,15). The van der Waals surface area contributed by atoms with Gasteiger partial charge in [0, 0.05) is 13.5 Å². The van der Waals surface area contributed by atoms with Crippen LogP contribution in [0.1, 0.15) is 29.2 Å². The summed E-state index contributed by atoms with van der Waals surface area (Å²) in [6.45, 7) is 8.68. The molecule has 0 aliphatic carbocycles. The van der Waals surface area contributed by atoms with E-state index in [1.165, 1.54) is 22.3 Å². The lowest BCUT2D eigenvalue weighted by Gasteiger charge is -2.11. The third-order valence-corrected chi connectivity index (χ3v) is 2.94. The van der Waals surface area contributed by atoms with Crippen LogP contribution in [0.25, 0.3) is 0 Å². The molecule has 0 heterocycles. The van der Waals surface area contributed by atoms with Gasteiger partial charge in [0.25, 0.3) is 0 Å². The molecule has 0 unspecified atom stereocenters. The smallest absolute Gasteiger partial charge is 0.216 e. The van der Waals surface area contributed by atoms with Crippen LogP contribution in [-0.2, 0) is 11.2 Å². The molecular weight excluding hydrogens is 186 g/mol. The average Bonchev–Trinajstić information content (AvgIpc) is 2.18. The van der Waals surface area contributed by atoms with Gasteiger partial charge in [0.05, 0.1) is 0 Å². The summed E-state index contributed by atoms with van der Waals surface area (Å²) in [7, 11) is 0. The summed E-state index contributed by atoms with van der Waals surface area (Å²) in [5, 5.41) is 2.82. The van der Waals surface area contributed by atoms with Gasteiger partial charge in [-0.05, 0) is 49.4 Å². The lowest BCUT2D eigenvalue weighted by Crippen LogP contribution is -2.22. The highest BCUT2D eigenvalue weighted by atomic mass is 16.1. The molecular formula is C13H19NO. The Morgan fingerprint density at radius 3 is 2.47 bits per heavy atom. The molecule has 0 aliphatic heterocycles. The lowest BCUT2D eigenvalue weighted by atomic mass is 9.97. The van der Waals surface area contributed by atoms with E-state index in [2.05, 4.69) is 38.2 Å². The normalized spacial score (nSPS) is 10.1. The summed E-state index contributed by atoms with van der Waals surface area (Å²) < 4.78 is 0. The first-order valence-corrected chi connectivity index (χ1v) is 5.32. The van der Waals surface area contributed by atoms with Crippen molar-refractivity contribution in [3.8, 4) is 0 Å². The van der Waals surface area contributed by atoms with Gasteiger partial charge in [-0.15, -0.1) is 0 Å². The molecule has 1 rings (SSSR count). The second-order valence-corrected chi connectivity index (χ2v) is 4.02. The van der Waals surface area contributed by atoms with E-state index in [9.17, 15) is 4.79 Å². The van der Waals surface area contributed by atoms with Gasteiger partial charge in [0.2, 0.25) is 5.91 Å². The van der Waals surface area contributed by atoms with Crippen molar-refractivity contribution in [3.05, 3.63) is 34.4 Å². The highest BCUT2D eigenvalue weighted by molar-refractivity contribution is 5.72. The summed E-state index contributed by atoms with van der Waals surface area (Å²) >= 11 is 0. The first kappa shape index (κ1) is 11.8. The van der Waals surface area contributed by atoms with Crippen molar-refractivity contribution in [1.82, 2.24) is 5.32 Å². The average molecular weight is 205 g/mol. The van der Waals surface area contributed by atoms with Gasteiger partial charge in [-0.25, -0.2) is 0 Å². The van der Waals surface area contributed by atoms with Crippen LogP contribution in [0, 0.1) is 20.8 Å². The molecule has 0 atom stereocenters. The number of aryl methyl sites for hydroxylation is 1. The minimum atomic E-state index is 0.0384. The molecule has 0 aliphatic rings. The fraction of sp³-hybridized carbons (Fsp3) is 0.462. The highest BCUT2D eigenvalue weighted by Crippen LogP contribution is 2.17. The van der Waals surface area contributed by atoms with Crippen molar-refractivity contribution < 1.29 is 4.79 Å². The maximum absolute atomic E-state index is 10.7. The number of nitrogens with one attached hydrogen (secondary N) is 1. The number of rotatable bonds is 3. The molecule has 15 heavy (non-hydrogen) atoms. The molecule has 2 nitrogen and oxygen atoms in total. The number of hydrogen-bond donors (Lipinski definition) is 1. The molecule has 0 spiro atoms. The maximum Gasteiger partial charge on any atom is 0.216 e. The van der Waals surface area contributed by atoms with Gasteiger partial charge in [0.15, 0.2) is 0 Å². The van der Waals surface area contributed by atoms with Crippen LogP contribution in [0.3, 0.4) is 0 Å². The zero-order valence-electron chi connectivity index (χ0n) is 9.98. The predicted octanol–water partition coefficient (Wildman–Crippen LogP) is 2.29. The lowest BCUT2D eigenvalue weighted by molar-refractivity contribution is -0.118. The second kappa shape index (κ2) is 4.96. The van der Waals surface area contributed by atoms with E-state index >= 15 is 0 Å². The summed E-state index contributed by atoms with van der Waals surface area (Å²) in [5.74, 6) is 0.0384. The molecule has 1 amide bonds. The maximum atomic E-state index is 10.7. The minimum Gasteiger partial charge on any atom is -0.356 e. The van der Waals surface area contributed by atoms with Crippen molar-refractivity contribution in [2.24, 2.45) is 0 Å². The van der Waals surface area contributed by atoms with Crippen LogP contribution in [0.15, 0.2) is 12.1 Å². The third kappa shape index (κ3) is 3.08. The van der Waals surface area contributed by atoms with Crippen molar-refractivity contribution in [2.75, 3.05) is 6.54 Å². The molecule has 2 heteroatoms. The van der Waals surface area contributed by atoms with Crippen molar-refractivity contribution in [2.45, 2.75) is 34.1 Å². The number of carbonyl (C=O) groups excluding carboxylic acids is 1. The molecule has 0 aromatic heterocycles. The molecule has 1 N–H and O–H groups in total. The van der Waals surface area contributed by atoms with Crippen LogP contribution in [0.2, 0.25) is 0 Å². The van der Waals surface area contributed by atoms with E-state index in [0.717, 1.165) is 13.0 Å². The Bertz CT molecular complexity index is 369. The molecule has 0 fully saturated rings. The Morgan fingerprint density at radius 2 is 1.87 bits per heavy atom. The molecule has 1 aromatic carbocycles. The summed E-state index contributed by atoms with van der Waals surface area (Å²) in [4.78, 5) is 10.7. The molecule has 1 aromatic rings. The van der Waals surface area contributed by atoms with E-state index in [1.54, 1.807) is 6.92 Å². The summed E-state index contributed by atoms with van der Waals surface area (Å²) in [5.41, 5.74) is 5.36. The molecule has 0 saturated heterocycles. The Kier molecular flexibility index (Phi) is 3.89. The first-order chi connectivity index (χ1) is 7.02. The molecule has 0 saturated carbocycles. The van der Waals surface area contributed by atoms with E-state index in [0.29, 0.717) is 0 Å². The van der Waals surface area contributed by atoms with Gasteiger partial charge >= 0.3 is 0 Å². The highest BCUT2D eigenvalue weighted by Gasteiger charge is 2.03. The number of amides is 1. The zero-order chi connectivity index (χ0) is 11.4. The number of carbonyl (C=O) groups is 1. The molecule has 82 valence electrons. The first-order valence-electron chi connectivity index (χ1n) is 5.32. The van der Waals surface area contributed by atoms with Crippen LogP contribution in [0.4, 0.5) is 0 Å². The van der Waals surface area contributed by atoms with Gasteiger partial charge in [-0.3, -0.25) is 4.79 Å². The Morgan fingerprint density at radius 1 is 1.20 bits per heavy atom. The fourth-order valence-electron chi connectivity index (χ4n) is 1.66. The van der Waals surface area contributed by atoms with E-state index in [1.807, 2.05) is 0 Å². The van der Waals surface area contributed by atoms with Gasteiger partial charge in [0.1, 0.15) is 0 Å². The van der Waals surface area contributed by atoms with E-state index in [-0.39, 0.29) is 5.91 Å². The van der Waals surface area contributed by atoms with E-state index < -0.39 is 0 Å². The van der Waals surface area contributed by atoms with Crippen molar-refractivity contribution in [1.29, 1.82) is 0 Å². The van der Waals surface area contributed by atoms with Crippen molar-refractivity contribution >= 4 is 5.91 Å². The van der Waals surface area contributed by atoms with Gasteiger partial charge in [-0.2, -0.15) is 0 Å². The number of hydrogen-bond acceptors (Lipinski definition) is 1. The van der Waals surface area contributed by atoms with Crippen LogP contribution >= 0.6 is 0 Å². The van der Waals surface area contributed by atoms with Crippen LogP contribution in [0.5, 0.6) is 0 Å². The topological polar surface area (TPSA) is 29.1 Å². The third-order valence-electron chi connectivity index (χ3n) is 2.94. The Balaban J connectivity index is 2.70. The zero-order valence-corrected chi connectivity index (χ0v) is 9.98. The quantitative estimate of drug-likeness (QED) is 0.806. The van der Waals surface area contributed by atoms with E-state index in [4.69, 9.17) is 0 Å². The summed E-state index contributed by atoms with van der Waals surface area (Å²) in [6, 6.07) is 4.30. The molecule has 0 bridgehead atoms. The number of benzene rings is 1. The largest absolute Gasteiger partial charge is 0.356 e. The SMILES string of the molecule is CC(=O)NCCc1ccc(C)c(C)c1C. The Hall–Kier alpha value is -1.31. The van der Waals surface area contributed by atoms with Crippen LogP contribution < -0.4 is 5.32 Å². The van der Waals surface area contributed by atoms with Crippen molar-refractivity contribution in [3.63, 3.8) is 0 Å². The summed E-state index contributed by atoms with van der Waals surface area (Å²) in [6.07, 6.45) is 0.909.